The minimum Gasteiger partial charge on any atom is -0.324 e. The normalized spacial score (nSPS) is 13.3. The lowest BCUT2D eigenvalue weighted by molar-refractivity contribution is 0.644. The van der Waals surface area contributed by atoms with E-state index in [4.69, 9.17) is 5.73 Å². The number of rotatable bonds is 3. The number of benzene rings is 1. The van der Waals surface area contributed by atoms with E-state index in [1.807, 2.05) is 0 Å². The van der Waals surface area contributed by atoms with Crippen LogP contribution in [0, 0.1) is 0 Å². The van der Waals surface area contributed by atoms with Gasteiger partial charge in [0, 0.05) is 15.2 Å². The fourth-order valence-corrected chi connectivity index (χ4v) is 3.48. The highest BCUT2D eigenvalue weighted by atomic mass is 79.9. The van der Waals surface area contributed by atoms with E-state index in [0.717, 1.165) is 12.8 Å². The second kappa shape index (κ2) is 4.64. The summed E-state index contributed by atoms with van der Waals surface area (Å²) >= 11 is 5.34. The Bertz CT molecular complexity index is 464. The lowest BCUT2D eigenvalue weighted by Crippen LogP contribution is -2.08. The second-order valence-electron chi connectivity index (χ2n) is 3.70. The molecule has 0 bridgehead atoms. The number of hydrogen-bond donors (Lipinski definition) is 1. The van der Waals surface area contributed by atoms with E-state index in [0.29, 0.717) is 0 Å². The molecule has 0 fully saturated rings. The minimum atomic E-state index is 0.179. The highest BCUT2D eigenvalue weighted by Gasteiger charge is 2.11. The predicted molar refractivity (Wildman–Crippen MR) is 71.4 cm³/mol. The number of thiophene rings is 1. The van der Waals surface area contributed by atoms with Crippen molar-refractivity contribution in [1.82, 2.24) is 0 Å². The highest BCUT2D eigenvalue weighted by molar-refractivity contribution is 9.10. The van der Waals surface area contributed by atoms with Gasteiger partial charge in [0.2, 0.25) is 0 Å². The van der Waals surface area contributed by atoms with E-state index < -0.39 is 0 Å². The van der Waals surface area contributed by atoms with Crippen molar-refractivity contribution in [2.75, 3.05) is 0 Å². The third-order valence-corrected chi connectivity index (χ3v) is 4.55. The van der Waals surface area contributed by atoms with Crippen molar-refractivity contribution in [3.63, 3.8) is 0 Å². The standard InChI is InChI=1S/C12H14BrNS/c1-2-4-11(14)9-7-15-12-8(9)5-3-6-10(12)13/h3,5-7,11H,2,4,14H2,1H3. The van der Waals surface area contributed by atoms with Gasteiger partial charge < -0.3 is 5.73 Å². The molecule has 0 amide bonds. The van der Waals surface area contributed by atoms with E-state index in [9.17, 15) is 0 Å². The molecule has 0 saturated heterocycles. The Kier molecular flexibility index (Phi) is 3.44. The summed E-state index contributed by atoms with van der Waals surface area (Å²) < 4.78 is 2.47. The van der Waals surface area contributed by atoms with Crippen LogP contribution in [-0.2, 0) is 0 Å². The van der Waals surface area contributed by atoms with E-state index in [1.165, 1.54) is 20.1 Å². The Morgan fingerprint density at radius 3 is 3.00 bits per heavy atom. The van der Waals surface area contributed by atoms with Crippen LogP contribution in [-0.4, -0.2) is 0 Å². The molecule has 0 aliphatic heterocycles. The van der Waals surface area contributed by atoms with Gasteiger partial charge in [0.05, 0.1) is 0 Å². The monoisotopic (exact) mass is 283 g/mol. The molecule has 1 nitrogen and oxygen atoms in total. The van der Waals surface area contributed by atoms with Gasteiger partial charge in [-0.25, -0.2) is 0 Å². The van der Waals surface area contributed by atoms with Crippen molar-refractivity contribution >= 4 is 37.4 Å². The van der Waals surface area contributed by atoms with Crippen molar-refractivity contribution < 1.29 is 0 Å². The average Bonchev–Trinajstić information content (AvgIpc) is 2.63. The molecule has 0 saturated carbocycles. The summed E-state index contributed by atoms with van der Waals surface area (Å²) in [6.07, 6.45) is 2.19. The fourth-order valence-electron chi connectivity index (χ4n) is 1.80. The molecule has 15 heavy (non-hydrogen) atoms. The van der Waals surface area contributed by atoms with E-state index in [-0.39, 0.29) is 6.04 Å². The summed E-state index contributed by atoms with van der Waals surface area (Å²) in [5, 5.41) is 3.49. The van der Waals surface area contributed by atoms with E-state index in [1.54, 1.807) is 11.3 Å². The van der Waals surface area contributed by atoms with Crippen LogP contribution in [0.25, 0.3) is 10.1 Å². The van der Waals surface area contributed by atoms with E-state index >= 15 is 0 Å². The van der Waals surface area contributed by atoms with Crippen molar-refractivity contribution in [1.29, 1.82) is 0 Å². The zero-order valence-corrected chi connectivity index (χ0v) is 11.1. The van der Waals surface area contributed by atoms with Gasteiger partial charge in [-0.15, -0.1) is 11.3 Å². The first kappa shape index (κ1) is 11.1. The Morgan fingerprint density at radius 1 is 1.47 bits per heavy atom. The molecule has 0 radical (unpaired) electrons. The number of fused-ring (bicyclic) bond motifs is 1. The Morgan fingerprint density at radius 2 is 2.27 bits per heavy atom. The van der Waals surface area contributed by atoms with Gasteiger partial charge >= 0.3 is 0 Å². The molecule has 0 aliphatic rings. The Labute approximate surface area is 102 Å². The SMILES string of the molecule is CCCC(N)c1csc2c(Br)cccc12. The third-order valence-electron chi connectivity index (χ3n) is 2.58. The van der Waals surface area contributed by atoms with Crippen LogP contribution in [0.4, 0.5) is 0 Å². The summed E-state index contributed by atoms with van der Waals surface area (Å²) in [4.78, 5) is 0. The van der Waals surface area contributed by atoms with Crippen LogP contribution in [0.15, 0.2) is 28.1 Å². The van der Waals surface area contributed by atoms with Crippen molar-refractivity contribution in [2.45, 2.75) is 25.8 Å². The zero-order chi connectivity index (χ0) is 10.8. The summed E-state index contributed by atoms with van der Waals surface area (Å²) in [6.45, 7) is 2.17. The summed E-state index contributed by atoms with van der Waals surface area (Å²) in [5.41, 5.74) is 7.45. The first-order valence-electron chi connectivity index (χ1n) is 5.15. The van der Waals surface area contributed by atoms with Gasteiger partial charge in [0.25, 0.3) is 0 Å². The minimum absolute atomic E-state index is 0.179. The van der Waals surface area contributed by atoms with Crippen LogP contribution in [0.2, 0.25) is 0 Å². The summed E-state index contributed by atoms with van der Waals surface area (Å²) in [6, 6.07) is 6.48. The largest absolute Gasteiger partial charge is 0.324 e. The van der Waals surface area contributed by atoms with Gasteiger partial charge in [-0.2, -0.15) is 0 Å². The molecule has 3 heteroatoms. The molecule has 2 N–H and O–H groups in total. The van der Waals surface area contributed by atoms with Gasteiger partial charge in [-0.3, -0.25) is 0 Å². The zero-order valence-electron chi connectivity index (χ0n) is 8.66. The molecule has 2 aromatic rings. The summed E-state index contributed by atoms with van der Waals surface area (Å²) in [5.74, 6) is 0. The fraction of sp³-hybridized carbons (Fsp3) is 0.333. The lowest BCUT2D eigenvalue weighted by atomic mass is 10.0. The molecule has 1 atom stereocenters. The van der Waals surface area contributed by atoms with Gasteiger partial charge in [0.15, 0.2) is 0 Å². The molecule has 0 aliphatic carbocycles. The highest BCUT2D eigenvalue weighted by Crippen LogP contribution is 2.35. The van der Waals surface area contributed by atoms with Crippen molar-refractivity contribution in [3.05, 3.63) is 33.6 Å². The first-order valence-corrected chi connectivity index (χ1v) is 6.82. The van der Waals surface area contributed by atoms with Crippen LogP contribution in [0.5, 0.6) is 0 Å². The molecule has 80 valence electrons. The van der Waals surface area contributed by atoms with Crippen LogP contribution >= 0.6 is 27.3 Å². The predicted octanol–water partition coefficient (Wildman–Crippen LogP) is 4.46. The smallest absolute Gasteiger partial charge is 0.0488 e. The quantitative estimate of drug-likeness (QED) is 0.884. The maximum absolute atomic E-state index is 6.16. The maximum Gasteiger partial charge on any atom is 0.0488 e. The molecule has 2 rings (SSSR count). The van der Waals surface area contributed by atoms with Crippen molar-refractivity contribution in [3.8, 4) is 0 Å². The topological polar surface area (TPSA) is 26.0 Å². The summed E-state index contributed by atoms with van der Waals surface area (Å²) in [7, 11) is 0. The maximum atomic E-state index is 6.16. The van der Waals surface area contributed by atoms with E-state index in [2.05, 4.69) is 46.4 Å². The van der Waals surface area contributed by atoms with Gasteiger partial charge in [-0.05, 0) is 44.7 Å². The van der Waals surface area contributed by atoms with Gasteiger partial charge in [0.1, 0.15) is 0 Å². The lowest BCUT2D eigenvalue weighted by Gasteiger charge is -2.08. The van der Waals surface area contributed by atoms with Gasteiger partial charge in [-0.1, -0.05) is 25.5 Å². The van der Waals surface area contributed by atoms with Crippen molar-refractivity contribution in [2.24, 2.45) is 5.73 Å². The molecular formula is C12H14BrNS. The molecule has 0 spiro atoms. The second-order valence-corrected chi connectivity index (χ2v) is 5.44. The van der Waals surface area contributed by atoms with Crippen LogP contribution in [0.3, 0.4) is 0 Å². The molecule has 1 aromatic heterocycles. The number of nitrogens with two attached hydrogens (primary N) is 1. The van der Waals surface area contributed by atoms with Crippen LogP contribution < -0.4 is 5.73 Å². The number of hydrogen-bond acceptors (Lipinski definition) is 2. The Hall–Kier alpha value is -0.380. The Balaban J connectivity index is 2.49. The molecule has 1 heterocycles. The first-order chi connectivity index (χ1) is 7.24. The third kappa shape index (κ3) is 2.10. The molecule has 1 aromatic carbocycles. The number of halogens is 1. The molecule has 1 unspecified atom stereocenters. The average molecular weight is 284 g/mol. The molecular weight excluding hydrogens is 270 g/mol. The van der Waals surface area contributed by atoms with Crippen LogP contribution in [0.1, 0.15) is 31.4 Å².